The molecule has 0 spiro atoms. The zero-order valence-electron chi connectivity index (χ0n) is 18.6. The molecule has 4 aromatic rings. The lowest BCUT2D eigenvalue weighted by molar-refractivity contribution is -0.118. The van der Waals surface area contributed by atoms with Gasteiger partial charge in [-0.25, -0.2) is 0 Å². The van der Waals surface area contributed by atoms with Crippen molar-refractivity contribution < 1.29 is 13.9 Å². The first-order chi connectivity index (χ1) is 15.8. The van der Waals surface area contributed by atoms with E-state index in [1.807, 2.05) is 36.4 Å². The highest BCUT2D eigenvalue weighted by molar-refractivity contribution is 9.10. The quantitative estimate of drug-likeness (QED) is 0.324. The number of nitrogens with one attached hydrogen (secondary N) is 1. The first-order valence-corrected chi connectivity index (χ1v) is 11.3. The van der Waals surface area contributed by atoms with Crippen LogP contribution in [-0.2, 0) is 10.2 Å². The van der Waals surface area contributed by atoms with Gasteiger partial charge in [-0.05, 0) is 71.6 Å². The highest BCUT2D eigenvalue weighted by atomic mass is 79.9. The zero-order valence-corrected chi connectivity index (χ0v) is 20.2. The monoisotopic (exact) mass is 505 g/mol. The number of anilines is 1. The summed E-state index contributed by atoms with van der Waals surface area (Å²) in [6.45, 7) is 6.45. The molecule has 168 valence electrons. The van der Waals surface area contributed by atoms with Gasteiger partial charge in [0.2, 0.25) is 11.8 Å². The largest absolute Gasteiger partial charge is 0.484 e. The van der Waals surface area contributed by atoms with Crippen molar-refractivity contribution in [2.45, 2.75) is 26.2 Å². The number of aromatic nitrogens is 2. The van der Waals surface area contributed by atoms with E-state index in [0.717, 1.165) is 15.6 Å². The Morgan fingerprint density at radius 2 is 1.42 bits per heavy atom. The molecule has 0 radical (unpaired) electrons. The van der Waals surface area contributed by atoms with Crippen LogP contribution in [0.3, 0.4) is 0 Å². The summed E-state index contributed by atoms with van der Waals surface area (Å²) in [4.78, 5) is 12.2. The minimum absolute atomic E-state index is 0.0790. The number of rotatable bonds is 6. The number of ether oxygens (including phenoxy) is 1. The lowest BCUT2D eigenvalue weighted by atomic mass is 9.87. The van der Waals surface area contributed by atoms with E-state index >= 15 is 0 Å². The van der Waals surface area contributed by atoms with Crippen molar-refractivity contribution in [2.75, 3.05) is 11.9 Å². The van der Waals surface area contributed by atoms with E-state index in [4.69, 9.17) is 9.15 Å². The molecule has 0 saturated carbocycles. The summed E-state index contributed by atoms with van der Waals surface area (Å²) in [7, 11) is 0. The highest BCUT2D eigenvalue weighted by Crippen LogP contribution is 2.28. The molecule has 0 saturated heterocycles. The number of halogens is 1. The number of carbonyl (C=O) groups excluding carboxylic acids is 1. The van der Waals surface area contributed by atoms with E-state index in [-0.39, 0.29) is 17.9 Å². The van der Waals surface area contributed by atoms with Gasteiger partial charge in [0.1, 0.15) is 5.75 Å². The summed E-state index contributed by atoms with van der Waals surface area (Å²) in [5, 5.41) is 11.2. The van der Waals surface area contributed by atoms with Crippen LogP contribution in [0, 0.1) is 0 Å². The Balaban J connectivity index is 1.37. The summed E-state index contributed by atoms with van der Waals surface area (Å²) >= 11 is 3.36. The fourth-order valence-corrected chi connectivity index (χ4v) is 3.41. The Hall–Kier alpha value is -3.45. The third-order valence-electron chi connectivity index (χ3n) is 5.02. The molecule has 33 heavy (non-hydrogen) atoms. The average molecular weight is 506 g/mol. The van der Waals surface area contributed by atoms with Crippen LogP contribution in [0.4, 0.5) is 5.69 Å². The minimum atomic E-state index is -0.246. The topological polar surface area (TPSA) is 77.2 Å². The third kappa shape index (κ3) is 5.87. The number of nitrogens with zero attached hydrogens (tertiary/aromatic N) is 2. The highest BCUT2D eigenvalue weighted by Gasteiger charge is 2.15. The number of amides is 1. The molecule has 0 aliphatic rings. The molecule has 0 bridgehead atoms. The summed E-state index contributed by atoms with van der Waals surface area (Å²) in [5.41, 5.74) is 3.62. The smallest absolute Gasteiger partial charge is 0.262 e. The Labute approximate surface area is 201 Å². The summed E-state index contributed by atoms with van der Waals surface area (Å²) in [6, 6.07) is 22.7. The van der Waals surface area contributed by atoms with Gasteiger partial charge in [0.25, 0.3) is 5.91 Å². The van der Waals surface area contributed by atoms with Crippen LogP contribution in [0.1, 0.15) is 26.3 Å². The standard InChI is InChI=1S/C26H24BrN3O3/c1-26(2,3)19-8-4-17(5-9-19)24-29-30-25(33-24)18-6-12-21(13-7-18)28-23(31)16-32-22-14-10-20(27)11-15-22/h4-15H,16H2,1-3H3,(H,28,31). The van der Waals surface area contributed by atoms with Crippen LogP contribution >= 0.6 is 15.9 Å². The van der Waals surface area contributed by atoms with E-state index < -0.39 is 0 Å². The van der Waals surface area contributed by atoms with Crippen LogP contribution in [0.5, 0.6) is 5.75 Å². The van der Waals surface area contributed by atoms with E-state index in [2.05, 4.69) is 64.3 Å². The van der Waals surface area contributed by atoms with E-state index in [1.165, 1.54) is 5.56 Å². The van der Waals surface area contributed by atoms with Crippen LogP contribution < -0.4 is 10.1 Å². The van der Waals surface area contributed by atoms with Crippen molar-refractivity contribution in [2.24, 2.45) is 0 Å². The van der Waals surface area contributed by atoms with Crippen molar-refractivity contribution >= 4 is 27.5 Å². The Bertz CT molecular complexity index is 1230. The SMILES string of the molecule is CC(C)(C)c1ccc(-c2nnc(-c3ccc(NC(=O)COc4ccc(Br)cc4)cc3)o2)cc1. The normalized spacial score (nSPS) is 11.3. The first kappa shape index (κ1) is 22.7. The van der Waals surface area contributed by atoms with Crippen molar-refractivity contribution in [3.05, 3.63) is 82.8 Å². The van der Waals surface area contributed by atoms with Gasteiger partial charge < -0.3 is 14.5 Å². The van der Waals surface area contributed by atoms with Crippen LogP contribution in [-0.4, -0.2) is 22.7 Å². The number of benzene rings is 3. The minimum Gasteiger partial charge on any atom is -0.484 e. The molecule has 0 unspecified atom stereocenters. The molecule has 1 heterocycles. The van der Waals surface area contributed by atoms with Gasteiger partial charge in [-0.1, -0.05) is 48.8 Å². The van der Waals surface area contributed by atoms with Gasteiger partial charge in [-0.15, -0.1) is 10.2 Å². The maximum absolute atomic E-state index is 12.2. The summed E-state index contributed by atoms with van der Waals surface area (Å²) < 4.78 is 12.3. The van der Waals surface area contributed by atoms with Gasteiger partial charge in [-0.3, -0.25) is 4.79 Å². The van der Waals surface area contributed by atoms with Gasteiger partial charge in [0.05, 0.1) is 0 Å². The molecule has 0 aliphatic heterocycles. The molecule has 0 atom stereocenters. The predicted octanol–water partition coefficient (Wildman–Crippen LogP) is 6.48. The van der Waals surface area contributed by atoms with Gasteiger partial charge in [0.15, 0.2) is 6.61 Å². The lowest BCUT2D eigenvalue weighted by Crippen LogP contribution is -2.20. The van der Waals surface area contributed by atoms with Crippen molar-refractivity contribution in [3.63, 3.8) is 0 Å². The molecule has 3 aromatic carbocycles. The number of hydrogen-bond donors (Lipinski definition) is 1. The summed E-state index contributed by atoms with van der Waals surface area (Å²) in [6.07, 6.45) is 0. The lowest BCUT2D eigenvalue weighted by Gasteiger charge is -2.18. The fourth-order valence-electron chi connectivity index (χ4n) is 3.14. The maximum Gasteiger partial charge on any atom is 0.262 e. The molecule has 7 heteroatoms. The van der Waals surface area contributed by atoms with Crippen molar-refractivity contribution in [3.8, 4) is 28.7 Å². The van der Waals surface area contributed by atoms with Crippen molar-refractivity contribution in [1.82, 2.24) is 10.2 Å². The molecule has 1 amide bonds. The first-order valence-electron chi connectivity index (χ1n) is 10.5. The van der Waals surface area contributed by atoms with E-state index in [0.29, 0.717) is 23.2 Å². The fraction of sp³-hybridized carbons (Fsp3) is 0.192. The Morgan fingerprint density at radius 1 is 0.879 bits per heavy atom. The Kier molecular flexibility index (Phi) is 6.60. The molecule has 6 nitrogen and oxygen atoms in total. The zero-order chi connectivity index (χ0) is 23.4. The Morgan fingerprint density at radius 3 is 1.97 bits per heavy atom. The molecule has 4 rings (SSSR count). The van der Waals surface area contributed by atoms with Crippen LogP contribution in [0.25, 0.3) is 22.9 Å². The molecule has 0 aliphatic carbocycles. The number of hydrogen-bond acceptors (Lipinski definition) is 5. The van der Waals surface area contributed by atoms with Crippen molar-refractivity contribution in [1.29, 1.82) is 0 Å². The van der Waals surface area contributed by atoms with E-state index in [9.17, 15) is 4.79 Å². The molecule has 0 fully saturated rings. The molecule has 1 aromatic heterocycles. The van der Waals surface area contributed by atoms with Gasteiger partial charge in [-0.2, -0.15) is 0 Å². The average Bonchev–Trinajstić information content (AvgIpc) is 3.29. The second-order valence-corrected chi connectivity index (χ2v) is 9.52. The number of carbonyl (C=O) groups is 1. The van der Waals surface area contributed by atoms with E-state index in [1.54, 1.807) is 24.3 Å². The molecular weight excluding hydrogens is 482 g/mol. The van der Waals surface area contributed by atoms with Gasteiger partial charge >= 0.3 is 0 Å². The third-order valence-corrected chi connectivity index (χ3v) is 5.55. The summed E-state index contributed by atoms with van der Waals surface area (Å²) in [5.74, 6) is 1.27. The maximum atomic E-state index is 12.2. The second kappa shape index (κ2) is 9.58. The predicted molar refractivity (Wildman–Crippen MR) is 132 cm³/mol. The van der Waals surface area contributed by atoms with Crippen LogP contribution in [0.15, 0.2) is 81.7 Å². The second-order valence-electron chi connectivity index (χ2n) is 8.61. The molecule has 1 N–H and O–H groups in total. The van der Waals surface area contributed by atoms with Crippen LogP contribution in [0.2, 0.25) is 0 Å². The molecular formula is C26H24BrN3O3. The van der Waals surface area contributed by atoms with Gasteiger partial charge in [0, 0.05) is 21.3 Å².